The minimum Gasteiger partial charge on any atom is -0.415 e. The Morgan fingerprint density at radius 3 is 2.31 bits per heavy atom. The number of carbonyl (C=O) groups excluding carboxylic acids is 2. The van der Waals surface area contributed by atoms with Gasteiger partial charge in [0.05, 0.1) is 0 Å². The van der Waals surface area contributed by atoms with Crippen molar-refractivity contribution >= 4 is 22.8 Å². The maximum absolute atomic E-state index is 10.2. The third-order valence-electron chi connectivity index (χ3n) is 1.80. The summed E-state index contributed by atoms with van der Waals surface area (Å²) < 4.78 is 4.54. The summed E-state index contributed by atoms with van der Waals surface area (Å²) in [6, 6.07) is 8.65. The van der Waals surface area contributed by atoms with Crippen molar-refractivity contribution in [3.8, 4) is 5.75 Å². The maximum atomic E-state index is 10.2. The van der Waals surface area contributed by atoms with Crippen LogP contribution in [-0.4, -0.2) is 11.2 Å². The molecule has 0 unspecified atom stereocenters. The van der Waals surface area contributed by atoms with Gasteiger partial charge in [-0.1, -0.05) is 24.3 Å². The minimum absolute atomic E-state index is 0.273. The molecule has 0 saturated carbocycles. The van der Waals surface area contributed by atoms with Gasteiger partial charge in [0.2, 0.25) is 0 Å². The summed E-state index contributed by atoms with van der Waals surface area (Å²) >= 11 is 4.95. The number of hydrogen-bond acceptors (Lipinski definition) is 3. The molecular weight excluding hydrogens is 228 g/mol. The van der Waals surface area contributed by atoms with Crippen LogP contribution >= 0.6 is 11.6 Å². The van der Waals surface area contributed by atoms with Crippen molar-refractivity contribution in [2.75, 3.05) is 0 Å². The molecule has 1 aliphatic rings. The maximum Gasteiger partial charge on any atom is 0.409 e. The lowest BCUT2D eigenvalue weighted by Gasteiger charge is -1.95. The van der Waals surface area contributed by atoms with Crippen molar-refractivity contribution in [3.05, 3.63) is 42.5 Å². The van der Waals surface area contributed by atoms with Gasteiger partial charge in [-0.3, -0.25) is 4.79 Å². The zero-order valence-corrected chi connectivity index (χ0v) is 9.31. The van der Waals surface area contributed by atoms with E-state index in [0.717, 1.165) is 12.8 Å². The first-order chi connectivity index (χ1) is 7.68. The molecule has 84 valence electrons. The third-order valence-corrected chi connectivity index (χ3v) is 1.88. The lowest BCUT2D eigenvalue weighted by molar-refractivity contribution is -0.114. The molecule has 0 amide bonds. The van der Waals surface area contributed by atoms with Crippen LogP contribution in [0.1, 0.15) is 12.8 Å². The van der Waals surface area contributed by atoms with Crippen LogP contribution < -0.4 is 4.74 Å². The molecule has 1 aromatic carbocycles. The second kappa shape index (κ2) is 6.80. The van der Waals surface area contributed by atoms with Crippen LogP contribution in [0.3, 0.4) is 0 Å². The molecule has 2 rings (SSSR count). The summed E-state index contributed by atoms with van der Waals surface area (Å²) in [4.78, 5) is 20.3. The fourth-order valence-electron chi connectivity index (χ4n) is 1.10. The minimum atomic E-state index is -0.814. The highest BCUT2D eigenvalue weighted by Gasteiger charge is 1.98. The number of allylic oxidation sites excluding steroid dienone is 2. The molecule has 4 heteroatoms. The summed E-state index contributed by atoms with van der Waals surface area (Å²) in [6.45, 7) is 0. The first-order valence-electron chi connectivity index (χ1n) is 4.80. The Kier molecular flexibility index (Phi) is 5.29. The van der Waals surface area contributed by atoms with Gasteiger partial charge < -0.3 is 4.74 Å². The molecule has 3 nitrogen and oxygen atoms in total. The first-order valence-corrected chi connectivity index (χ1v) is 5.18. The molecule has 0 spiro atoms. The second-order valence-electron chi connectivity index (χ2n) is 3.06. The predicted molar refractivity (Wildman–Crippen MR) is 61.7 cm³/mol. The molecule has 0 atom stereocenters. The van der Waals surface area contributed by atoms with Crippen LogP contribution in [0, 0.1) is 0 Å². The molecule has 0 heterocycles. The predicted octanol–water partition coefficient (Wildman–Crippen LogP) is 3.33. The number of hydrogen-bond donors (Lipinski definition) is 0. The van der Waals surface area contributed by atoms with Gasteiger partial charge in [0.1, 0.15) is 5.75 Å². The molecule has 1 aromatic rings. The SMILES string of the molecule is O=C(Cl)Oc1ccccc1.O=C1C=CCC1. The fourth-order valence-corrected chi connectivity index (χ4v) is 1.19. The normalized spacial score (nSPS) is 12.9. The molecule has 0 radical (unpaired) electrons. The number of ketones is 1. The average Bonchev–Trinajstić information content (AvgIpc) is 2.71. The van der Waals surface area contributed by atoms with Crippen LogP contribution in [0.15, 0.2) is 42.5 Å². The zero-order valence-electron chi connectivity index (χ0n) is 8.56. The molecule has 0 bridgehead atoms. The fraction of sp³-hybridized carbons (Fsp3) is 0.167. The van der Waals surface area contributed by atoms with Crippen molar-refractivity contribution in [2.45, 2.75) is 12.8 Å². The van der Waals surface area contributed by atoms with E-state index in [9.17, 15) is 9.59 Å². The molecule has 0 aliphatic heterocycles. The lowest BCUT2D eigenvalue weighted by Crippen LogP contribution is -1.94. The van der Waals surface area contributed by atoms with E-state index >= 15 is 0 Å². The Morgan fingerprint density at radius 1 is 1.25 bits per heavy atom. The summed E-state index contributed by atoms with van der Waals surface area (Å²) in [5.74, 6) is 0.734. The number of halogens is 1. The van der Waals surface area contributed by atoms with E-state index in [2.05, 4.69) is 4.74 Å². The van der Waals surface area contributed by atoms with E-state index in [1.165, 1.54) is 0 Å². The largest absolute Gasteiger partial charge is 0.415 e. The summed E-state index contributed by atoms with van der Waals surface area (Å²) in [6.07, 6.45) is 5.24. The van der Waals surface area contributed by atoms with Gasteiger partial charge >= 0.3 is 5.43 Å². The summed E-state index contributed by atoms with van der Waals surface area (Å²) in [5.41, 5.74) is -0.814. The monoisotopic (exact) mass is 238 g/mol. The van der Waals surface area contributed by atoms with Gasteiger partial charge in [0.25, 0.3) is 0 Å². The van der Waals surface area contributed by atoms with Crippen molar-refractivity contribution in [3.63, 3.8) is 0 Å². The Morgan fingerprint density at radius 2 is 1.94 bits per heavy atom. The Hall–Kier alpha value is -1.61. The van der Waals surface area contributed by atoms with Gasteiger partial charge in [0.15, 0.2) is 5.78 Å². The number of ether oxygens (including phenoxy) is 1. The number of benzene rings is 1. The van der Waals surface area contributed by atoms with Crippen LogP contribution in [0.25, 0.3) is 0 Å². The van der Waals surface area contributed by atoms with E-state index in [-0.39, 0.29) is 5.78 Å². The highest BCUT2D eigenvalue weighted by molar-refractivity contribution is 6.61. The zero-order chi connectivity index (χ0) is 11.8. The van der Waals surface area contributed by atoms with Gasteiger partial charge in [-0.25, -0.2) is 4.79 Å². The van der Waals surface area contributed by atoms with E-state index in [1.807, 2.05) is 12.1 Å². The van der Waals surface area contributed by atoms with Crippen LogP contribution in [0.4, 0.5) is 4.79 Å². The average molecular weight is 239 g/mol. The first kappa shape index (κ1) is 12.5. The lowest BCUT2D eigenvalue weighted by atomic mass is 10.3. The smallest absolute Gasteiger partial charge is 0.409 e. The highest BCUT2D eigenvalue weighted by atomic mass is 35.5. The molecule has 0 fully saturated rings. The van der Waals surface area contributed by atoms with E-state index in [1.54, 1.807) is 30.3 Å². The van der Waals surface area contributed by atoms with Gasteiger partial charge in [-0.2, -0.15) is 0 Å². The van der Waals surface area contributed by atoms with Gasteiger partial charge in [-0.15, -0.1) is 0 Å². The van der Waals surface area contributed by atoms with Gasteiger partial charge in [0, 0.05) is 18.0 Å². The Bertz CT molecular complexity index is 385. The quantitative estimate of drug-likeness (QED) is 0.705. The molecular formula is C12H11ClO3. The van der Waals surface area contributed by atoms with Crippen molar-refractivity contribution < 1.29 is 14.3 Å². The van der Waals surface area contributed by atoms with E-state index in [0.29, 0.717) is 5.75 Å². The summed E-state index contributed by atoms with van der Waals surface area (Å²) in [7, 11) is 0. The number of rotatable bonds is 1. The van der Waals surface area contributed by atoms with Crippen LogP contribution in [-0.2, 0) is 4.79 Å². The molecule has 1 aliphatic carbocycles. The third kappa shape index (κ3) is 5.32. The molecule has 0 saturated heterocycles. The molecule has 0 N–H and O–H groups in total. The van der Waals surface area contributed by atoms with Crippen molar-refractivity contribution in [1.82, 2.24) is 0 Å². The molecule has 0 aromatic heterocycles. The highest BCUT2D eigenvalue weighted by Crippen LogP contribution is 2.09. The standard InChI is InChI=1S/C7H5ClO2.C5H6O/c8-7(9)10-6-4-2-1-3-5-6;6-5-3-1-2-4-5/h1-5H;1,3H,2,4H2. The van der Waals surface area contributed by atoms with Crippen molar-refractivity contribution in [2.24, 2.45) is 0 Å². The summed E-state index contributed by atoms with van der Waals surface area (Å²) in [5, 5.41) is 0. The van der Waals surface area contributed by atoms with Crippen LogP contribution in [0.2, 0.25) is 0 Å². The van der Waals surface area contributed by atoms with Crippen molar-refractivity contribution in [1.29, 1.82) is 0 Å². The van der Waals surface area contributed by atoms with Gasteiger partial charge in [-0.05, 0) is 24.6 Å². The Labute approximate surface area is 98.7 Å². The Balaban J connectivity index is 0.000000181. The van der Waals surface area contributed by atoms with E-state index in [4.69, 9.17) is 11.6 Å². The van der Waals surface area contributed by atoms with Crippen LogP contribution in [0.5, 0.6) is 5.75 Å². The number of para-hydroxylation sites is 1. The number of carbonyl (C=O) groups is 2. The van der Waals surface area contributed by atoms with E-state index < -0.39 is 5.43 Å². The topological polar surface area (TPSA) is 43.4 Å². The molecule has 16 heavy (non-hydrogen) atoms. The second-order valence-corrected chi connectivity index (χ2v) is 3.37.